The molecule has 0 saturated carbocycles. The fourth-order valence-electron chi connectivity index (χ4n) is 2.75. The third kappa shape index (κ3) is 1.35. The van der Waals surface area contributed by atoms with Crippen LogP contribution in [0.25, 0.3) is 0 Å². The molecule has 0 amide bonds. The fraction of sp³-hybridized carbons (Fsp3) is 0.188. The zero-order valence-corrected chi connectivity index (χ0v) is 10.1. The van der Waals surface area contributed by atoms with E-state index < -0.39 is 0 Å². The van der Waals surface area contributed by atoms with Crippen molar-refractivity contribution >= 4 is 5.71 Å². The second kappa shape index (κ2) is 3.56. The van der Waals surface area contributed by atoms with Crippen molar-refractivity contribution < 1.29 is 0 Å². The zero-order chi connectivity index (χ0) is 12.0. The Kier molecular flexibility index (Phi) is 2.15. The van der Waals surface area contributed by atoms with Crippen molar-refractivity contribution in [1.82, 2.24) is 0 Å². The summed E-state index contributed by atoms with van der Waals surface area (Å²) in [5, 5.41) is 8.24. The number of hydrogen-bond donors (Lipinski definition) is 1. The Bertz CT molecular complexity index is 596. The average molecular weight is 221 g/mol. The van der Waals surface area contributed by atoms with Gasteiger partial charge in [-0.15, -0.1) is 0 Å². The highest BCUT2D eigenvalue weighted by Crippen LogP contribution is 2.43. The Labute approximate surface area is 102 Å². The average Bonchev–Trinajstić information content (AvgIpc) is 2.33. The molecule has 1 aliphatic carbocycles. The SMILES string of the molecule is Cc1ccc(C)c2c1C(=N)C2c1ccccc1. The molecular formula is C16H15N. The Morgan fingerprint density at radius 2 is 1.53 bits per heavy atom. The molecule has 1 heteroatoms. The second-order valence-electron chi connectivity index (χ2n) is 4.75. The van der Waals surface area contributed by atoms with Crippen molar-refractivity contribution in [2.24, 2.45) is 0 Å². The molecule has 2 aromatic rings. The van der Waals surface area contributed by atoms with E-state index in [0.717, 1.165) is 5.71 Å². The quantitative estimate of drug-likeness (QED) is 0.757. The standard InChI is InChI=1S/C16H15N/c1-10-8-9-11(2)14-13(10)15(16(14)17)12-6-4-3-5-7-12/h3-9,15,17H,1-2H3. The van der Waals surface area contributed by atoms with E-state index in [1.165, 1.54) is 27.8 Å². The molecule has 0 bridgehead atoms. The number of benzene rings is 2. The van der Waals surface area contributed by atoms with E-state index in [2.05, 4.69) is 38.1 Å². The molecule has 1 atom stereocenters. The van der Waals surface area contributed by atoms with Crippen LogP contribution in [0.1, 0.15) is 33.7 Å². The van der Waals surface area contributed by atoms with Crippen LogP contribution >= 0.6 is 0 Å². The summed E-state index contributed by atoms with van der Waals surface area (Å²) < 4.78 is 0. The van der Waals surface area contributed by atoms with E-state index in [4.69, 9.17) is 5.41 Å². The fourth-order valence-corrected chi connectivity index (χ4v) is 2.75. The van der Waals surface area contributed by atoms with Gasteiger partial charge in [0.2, 0.25) is 0 Å². The molecule has 3 rings (SSSR count). The van der Waals surface area contributed by atoms with Gasteiger partial charge in [-0.05, 0) is 36.1 Å². The van der Waals surface area contributed by atoms with Gasteiger partial charge in [0.15, 0.2) is 0 Å². The molecule has 1 unspecified atom stereocenters. The van der Waals surface area contributed by atoms with Gasteiger partial charge < -0.3 is 5.41 Å². The maximum Gasteiger partial charge on any atom is 0.0521 e. The van der Waals surface area contributed by atoms with E-state index in [-0.39, 0.29) is 5.92 Å². The highest BCUT2D eigenvalue weighted by Gasteiger charge is 2.36. The van der Waals surface area contributed by atoms with Crippen LogP contribution in [-0.4, -0.2) is 5.71 Å². The molecule has 84 valence electrons. The van der Waals surface area contributed by atoms with Gasteiger partial charge in [-0.2, -0.15) is 0 Å². The summed E-state index contributed by atoms with van der Waals surface area (Å²) in [4.78, 5) is 0. The van der Waals surface area contributed by atoms with Gasteiger partial charge in [0, 0.05) is 5.56 Å². The molecule has 0 aliphatic heterocycles. The van der Waals surface area contributed by atoms with Crippen LogP contribution in [0.2, 0.25) is 0 Å². The first-order valence-electron chi connectivity index (χ1n) is 5.94. The van der Waals surface area contributed by atoms with Crippen molar-refractivity contribution in [2.45, 2.75) is 19.8 Å². The van der Waals surface area contributed by atoms with Crippen molar-refractivity contribution in [3.05, 3.63) is 70.3 Å². The maximum atomic E-state index is 8.24. The third-order valence-electron chi connectivity index (χ3n) is 3.65. The monoisotopic (exact) mass is 221 g/mol. The summed E-state index contributed by atoms with van der Waals surface area (Å²) in [6.07, 6.45) is 0. The van der Waals surface area contributed by atoms with Crippen LogP contribution in [0.4, 0.5) is 0 Å². The molecule has 0 heterocycles. The van der Waals surface area contributed by atoms with Crippen molar-refractivity contribution in [3.8, 4) is 0 Å². The normalized spacial score (nSPS) is 17.5. The summed E-state index contributed by atoms with van der Waals surface area (Å²) in [6.45, 7) is 4.23. The first-order valence-corrected chi connectivity index (χ1v) is 5.94. The van der Waals surface area contributed by atoms with Crippen LogP contribution in [0.5, 0.6) is 0 Å². The number of nitrogens with one attached hydrogen (secondary N) is 1. The molecule has 0 radical (unpaired) electrons. The van der Waals surface area contributed by atoms with Gasteiger partial charge >= 0.3 is 0 Å². The Hall–Kier alpha value is -1.89. The van der Waals surface area contributed by atoms with Crippen LogP contribution in [0, 0.1) is 19.3 Å². The largest absolute Gasteiger partial charge is 0.304 e. The van der Waals surface area contributed by atoms with E-state index in [1.54, 1.807) is 0 Å². The minimum atomic E-state index is 0.186. The predicted molar refractivity (Wildman–Crippen MR) is 71.0 cm³/mol. The van der Waals surface area contributed by atoms with Gasteiger partial charge in [0.05, 0.1) is 11.6 Å². The van der Waals surface area contributed by atoms with Gasteiger partial charge in [-0.25, -0.2) is 0 Å². The molecule has 1 aliphatic rings. The second-order valence-corrected chi connectivity index (χ2v) is 4.75. The van der Waals surface area contributed by atoms with Crippen molar-refractivity contribution in [1.29, 1.82) is 5.41 Å². The lowest BCUT2D eigenvalue weighted by Gasteiger charge is -2.35. The lowest BCUT2D eigenvalue weighted by Crippen LogP contribution is -2.29. The minimum Gasteiger partial charge on any atom is -0.304 e. The van der Waals surface area contributed by atoms with E-state index in [0.29, 0.717) is 0 Å². The number of fused-ring (bicyclic) bond motifs is 1. The summed E-state index contributed by atoms with van der Waals surface area (Å²) in [7, 11) is 0. The molecule has 0 fully saturated rings. The van der Waals surface area contributed by atoms with Crippen LogP contribution in [0.15, 0.2) is 42.5 Å². The predicted octanol–water partition coefficient (Wildman–Crippen LogP) is 3.82. The van der Waals surface area contributed by atoms with Gasteiger partial charge in [-0.1, -0.05) is 42.5 Å². The molecule has 0 saturated heterocycles. The number of hydrogen-bond acceptors (Lipinski definition) is 1. The number of rotatable bonds is 1. The van der Waals surface area contributed by atoms with Crippen LogP contribution < -0.4 is 0 Å². The van der Waals surface area contributed by atoms with Gasteiger partial charge in [0.25, 0.3) is 0 Å². The molecular weight excluding hydrogens is 206 g/mol. The molecule has 0 aromatic heterocycles. The third-order valence-corrected chi connectivity index (χ3v) is 3.65. The molecule has 0 spiro atoms. The van der Waals surface area contributed by atoms with E-state index in [9.17, 15) is 0 Å². The molecule has 1 nitrogen and oxygen atoms in total. The Balaban J connectivity index is 2.18. The Morgan fingerprint density at radius 1 is 0.882 bits per heavy atom. The van der Waals surface area contributed by atoms with E-state index >= 15 is 0 Å². The van der Waals surface area contributed by atoms with Crippen LogP contribution in [-0.2, 0) is 0 Å². The summed E-state index contributed by atoms with van der Waals surface area (Å²) in [5.41, 5.74) is 7.05. The van der Waals surface area contributed by atoms with Gasteiger partial charge in [-0.3, -0.25) is 0 Å². The molecule has 17 heavy (non-hydrogen) atoms. The first-order chi connectivity index (χ1) is 8.20. The summed E-state index contributed by atoms with van der Waals surface area (Å²) in [6, 6.07) is 14.6. The minimum absolute atomic E-state index is 0.186. The Morgan fingerprint density at radius 3 is 2.24 bits per heavy atom. The molecule has 1 N–H and O–H groups in total. The summed E-state index contributed by atoms with van der Waals surface area (Å²) >= 11 is 0. The van der Waals surface area contributed by atoms with Crippen molar-refractivity contribution in [2.75, 3.05) is 0 Å². The lowest BCUT2D eigenvalue weighted by atomic mass is 9.68. The smallest absolute Gasteiger partial charge is 0.0521 e. The first kappa shape index (κ1) is 10.3. The topological polar surface area (TPSA) is 23.9 Å². The lowest BCUT2D eigenvalue weighted by molar-refractivity contribution is 0.965. The van der Waals surface area contributed by atoms with Gasteiger partial charge in [0.1, 0.15) is 0 Å². The van der Waals surface area contributed by atoms with Crippen molar-refractivity contribution in [3.63, 3.8) is 0 Å². The summed E-state index contributed by atoms with van der Waals surface area (Å²) in [5.74, 6) is 0.186. The van der Waals surface area contributed by atoms with E-state index in [1.807, 2.05) is 18.2 Å². The molecule has 2 aromatic carbocycles. The highest BCUT2D eigenvalue weighted by molar-refractivity contribution is 6.15. The number of aryl methyl sites for hydroxylation is 2. The van der Waals surface area contributed by atoms with Crippen LogP contribution in [0.3, 0.4) is 0 Å². The maximum absolute atomic E-state index is 8.24. The highest BCUT2D eigenvalue weighted by atomic mass is 14.5. The zero-order valence-electron chi connectivity index (χ0n) is 10.1.